The van der Waals surface area contributed by atoms with E-state index in [4.69, 9.17) is 9.84 Å². The van der Waals surface area contributed by atoms with E-state index in [1.54, 1.807) is 0 Å². The molecule has 0 aliphatic carbocycles. The average molecular weight is 202 g/mol. The second kappa shape index (κ2) is 7.80. The molecule has 84 valence electrons. The van der Waals surface area contributed by atoms with Gasteiger partial charge in [0, 0.05) is 6.61 Å². The van der Waals surface area contributed by atoms with E-state index >= 15 is 0 Å². The number of ether oxygens (including phenoxy) is 1. The number of rotatable bonds is 7. The molecule has 0 bridgehead atoms. The fourth-order valence-electron chi connectivity index (χ4n) is 1.33. The molecule has 0 aromatic heterocycles. The highest BCUT2D eigenvalue weighted by Crippen LogP contribution is 2.18. The number of hydrogen-bond acceptors (Lipinski definition) is 3. The maximum absolute atomic E-state index is 11.3. The van der Waals surface area contributed by atoms with Crippen LogP contribution in [0.3, 0.4) is 0 Å². The Morgan fingerprint density at radius 2 is 2.00 bits per heavy atom. The predicted octanol–water partition coefficient (Wildman–Crippen LogP) is 1.98. The van der Waals surface area contributed by atoms with Crippen LogP contribution in [0.5, 0.6) is 0 Å². The van der Waals surface area contributed by atoms with Crippen molar-refractivity contribution in [2.45, 2.75) is 40.0 Å². The first-order valence-corrected chi connectivity index (χ1v) is 5.41. The van der Waals surface area contributed by atoms with Crippen molar-refractivity contribution < 1.29 is 14.6 Å². The van der Waals surface area contributed by atoms with Gasteiger partial charge in [-0.1, -0.05) is 20.3 Å². The van der Waals surface area contributed by atoms with Crippen molar-refractivity contribution in [1.29, 1.82) is 0 Å². The highest BCUT2D eigenvalue weighted by atomic mass is 16.5. The molecule has 0 saturated heterocycles. The van der Waals surface area contributed by atoms with Crippen LogP contribution in [0.25, 0.3) is 0 Å². The molecule has 0 aliphatic heterocycles. The van der Waals surface area contributed by atoms with Gasteiger partial charge < -0.3 is 9.84 Å². The number of aliphatic hydroxyl groups is 1. The molecule has 0 amide bonds. The van der Waals surface area contributed by atoms with Crippen LogP contribution in [0.2, 0.25) is 0 Å². The summed E-state index contributed by atoms with van der Waals surface area (Å²) in [6, 6.07) is 0. The van der Waals surface area contributed by atoms with Gasteiger partial charge >= 0.3 is 5.97 Å². The minimum absolute atomic E-state index is 0.0337. The third kappa shape index (κ3) is 5.22. The standard InChI is InChI=1S/C11H22O3/c1-4-14-11(13)10(3)9(2)7-5-6-8-12/h9-10,12H,4-8H2,1-3H3. The number of unbranched alkanes of at least 4 members (excludes halogenated alkanes) is 1. The number of hydrogen-bond donors (Lipinski definition) is 1. The van der Waals surface area contributed by atoms with Crippen LogP contribution in [0.1, 0.15) is 40.0 Å². The SMILES string of the molecule is CCOC(=O)C(C)C(C)CCCCO. The lowest BCUT2D eigenvalue weighted by Crippen LogP contribution is -2.21. The first-order chi connectivity index (χ1) is 6.63. The first kappa shape index (κ1) is 13.4. The molecule has 0 heterocycles. The summed E-state index contributed by atoms with van der Waals surface area (Å²) in [5, 5.41) is 8.62. The zero-order valence-electron chi connectivity index (χ0n) is 9.45. The van der Waals surface area contributed by atoms with Gasteiger partial charge in [0.2, 0.25) is 0 Å². The maximum atomic E-state index is 11.3. The Labute approximate surface area is 86.5 Å². The molecule has 3 heteroatoms. The Morgan fingerprint density at radius 1 is 1.36 bits per heavy atom. The summed E-state index contributed by atoms with van der Waals surface area (Å²) in [7, 11) is 0. The highest BCUT2D eigenvalue weighted by molar-refractivity contribution is 5.72. The zero-order chi connectivity index (χ0) is 11.0. The minimum Gasteiger partial charge on any atom is -0.466 e. The summed E-state index contributed by atoms with van der Waals surface area (Å²) in [4.78, 5) is 11.3. The fourth-order valence-corrected chi connectivity index (χ4v) is 1.33. The van der Waals surface area contributed by atoms with Crippen LogP contribution in [0, 0.1) is 11.8 Å². The van der Waals surface area contributed by atoms with Crippen LogP contribution in [0.15, 0.2) is 0 Å². The number of aliphatic hydroxyl groups excluding tert-OH is 1. The molecule has 0 radical (unpaired) electrons. The Morgan fingerprint density at radius 3 is 2.50 bits per heavy atom. The van der Waals surface area contributed by atoms with Crippen LogP contribution in [-0.4, -0.2) is 24.3 Å². The quantitative estimate of drug-likeness (QED) is 0.507. The normalized spacial score (nSPS) is 14.9. The van der Waals surface area contributed by atoms with Gasteiger partial charge in [0.1, 0.15) is 0 Å². The van der Waals surface area contributed by atoms with Gasteiger partial charge in [0.15, 0.2) is 0 Å². The Hall–Kier alpha value is -0.570. The molecule has 2 atom stereocenters. The van der Waals surface area contributed by atoms with Crippen molar-refractivity contribution in [3.05, 3.63) is 0 Å². The monoisotopic (exact) mass is 202 g/mol. The Bertz CT molecular complexity index is 157. The second-order valence-corrected chi connectivity index (χ2v) is 3.74. The lowest BCUT2D eigenvalue weighted by molar-refractivity contribution is -0.149. The van der Waals surface area contributed by atoms with E-state index in [0.717, 1.165) is 19.3 Å². The lowest BCUT2D eigenvalue weighted by atomic mass is 9.91. The van der Waals surface area contributed by atoms with Crippen molar-refractivity contribution in [2.75, 3.05) is 13.2 Å². The van der Waals surface area contributed by atoms with Crippen molar-refractivity contribution in [3.63, 3.8) is 0 Å². The summed E-state index contributed by atoms with van der Waals surface area (Å²) in [5.74, 6) is 0.193. The Kier molecular flexibility index (Phi) is 7.48. The van der Waals surface area contributed by atoms with Crippen molar-refractivity contribution in [1.82, 2.24) is 0 Å². The average Bonchev–Trinajstić information content (AvgIpc) is 2.17. The second-order valence-electron chi connectivity index (χ2n) is 3.74. The van der Waals surface area contributed by atoms with Crippen LogP contribution in [0.4, 0.5) is 0 Å². The predicted molar refractivity (Wildman–Crippen MR) is 55.9 cm³/mol. The third-order valence-corrected chi connectivity index (χ3v) is 2.58. The number of carbonyl (C=O) groups is 1. The molecule has 3 nitrogen and oxygen atoms in total. The van der Waals surface area contributed by atoms with E-state index in [1.165, 1.54) is 0 Å². The fraction of sp³-hybridized carbons (Fsp3) is 0.909. The molecule has 0 spiro atoms. The maximum Gasteiger partial charge on any atom is 0.308 e. The molecule has 0 saturated carbocycles. The van der Waals surface area contributed by atoms with E-state index in [0.29, 0.717) is 12.5 Å². The van der Waals surface area contributed by atoms with Crippen LogP contribution in [-0.2, 0) is 9.53 Å². The Balaban J connectivity index is 3.74. The van der Waals surface area contributed by atoms with Gasteiger partial charge in [-0.3, -0.25) is 4.79 Å². The van der Waals surface area contributed by atoms with E-state index in [2.05, 4.69) is 6.92 Å². The summed E-state index contributed by atoms with van der Waals surface area (Å²) >= 11 is 0. The van der Waals surface area contributed by atoms with Crippen molar-refractivity contribution >= 4 is 5.97 Å². The molecule has 0 aromatic rings. The lowest BCUT2D eigenvalue weighted by Gasteiger charge is -2.17. The summed E-state index contributed by atoms with van der Waals surface area (Å²) in [6.07, 6.45) is 2.77. The van der Waals surface area contributed by atoms with Crippen LogP contribution < -0.4 is 0 Å². The molecule has 0 rings (SSSR count). The van der Waals surface area contributed by atoms with Crippen molar-refractivity contribution in [2.24, 2.45) is 11.8 Å². The zero-order valence-corrected chi connectivity index (χ0v) is 9.45. The number of esters is 1. The minimum atomic E-state index is -0.107. The summed E-state index contributed by atoms with van der Waals surface area (Å²) < 4.78 is 4.94. The van der Waals surface area contributed by atoms with Gasteiger partial charge in [-0.05, 0) is 25.7 Å². The molecule has 14 heavy (non-hydrogen) atoms. The molecule has 2 unspecified atom stereocenters. The van der Waals surface area contributed by atoms with Crippen molar-refractivity contribution in [3.8, 4) is 0 Å². The van der Waals surface area contributed by atoms with Gasteiger partial charge in [-0.2, -0.15) is 0 Å². The summed E-state index contributed by atoms with van der Waals surface area (Å²) in [6.45, 7) is 6.47. The first-order valence-electron chi connectivity index (χ1n) is 5.41. The van der Waals surface area contributed by atoms with Gasteiger partial charge in [0.25, 0.3) is 0 Å². The van der Waals surface area contributed by atoms with Crippen LogP contribution >= 0.6 is 0 Å². The molecule has 0 aliphatic rings. The van der Waals surface area contributed by atoms with E-state index < -0.39 is 0 Å². The topological polar surface area (TPSA) is 46.5 Å². The molecular weight excluding hydrogens is 180 g/mol. The molecule has 0 fully saturated rings. The summed E-state index contributed by atoms with van der Waals surface area (Å²) in [5.41, 5.74) is 0. The smallest absolute Gasteiger partial charge is 0.308 e. The third-order valence-electron chi connectivity index (χ3n) is 2.58. The number of carbonyl (C=O) groups excluding carboxylic acids is 1. The molecule has 0 aromatic carbocycles. The largest absolute Gasteiger partial charge is 0.466 e. The van der Waals surface area contributed by atoms with Gasteiger partial charge in [-0.25, -0.2) is 0 Å². The molecular formula is C11H22O3. The molecule has 1 N–H and O–H groups in total. The van der Waals surface area contributed by atoms with Gasteiger partial charge in [0.05, 0.1) is 12.5 Å². The highest BCUT2D eigenvalue weighted by Gasteiger charge is 2.20. The van der Waals surface area contributed by atoms with E-state index in [1.807, 2.05) is 13.8 Å². The van der Waals surface area contributed by atoms with Gasteiger partial charge in [-0.15, -0.1) is 0 Å². The van der Waals surface area contributed by atoms with E-state index in [9.17, 15) is 4.79 Å². The van der Waals surface area contributed by atoms with E-state index in [-0.39, 0.29) is 18.5 Å².